The third-order valence-corrected chi connectivity index (χ3v) is 4.40. The number of aryl methyl sites for hydroxylation is 1. The summed E-state index contributed by atoms with van der Waals surface area (Å²) < 4.78 is 5.69. The Labute approximate surface area is 125 Å². The van der Waals surface area contributed by atoms with Gasteiger partial charge in [0.2, 0.25) is 5.91 Å². The quantitative estimate of drug-likeness (QED) is 0.898. The second kappa shape index (κ2) is 6.12. The SMILES string of the molecule is Cc1cccnc1CC(=O)N[C@@H]1C[C@H]2CO[C@H](C)CN2C1. The van der Waals surface area contributed by atoms with Gasteiger partial charge in [-0.2, -0.15) is 0 Å². The minimum Gasteiger partial charge on any atom is -0.376 e. The lowest BCUT2D eigenvalue weighted by atomic mass is 10.1. The number of aromatic nitrogens is 1. The molecular formula is C16H23N3O2. The van der Waals surface area contributed by atoms with E-state index in [1.54, 1.807) is 6.20 Å². The van der Waals surface area contributed by atoms with E-state index < -0.39 is 0 Å². The maximum Gasteiger partial charge on any atom is 0.226 e. The van der Waals surface area contributed by atoms with E-state index in [4.69, 9.17) is 4.74 Å². The van der Waals surface area contributed by atoms with E-state index in [0.29, 0.717) is 18.6 Å². The summed E-state index contributed by atoms with van der Waals surface area (Å²) in [4.78, 5) is 18.9. The van der Waals surface area contributed by atoms with Crippen molar-refractivity contribution in [3.8, 4) is 0 Å². The molecule has 2 aliphatic heterocycles. The van der Waals surface area contributed by atoms with Gasteiger partial charge in [0.05, 0.1) is 24.8 Å². The Kier molecular flexibility index (Phi) is 4.22. The molecule has 0 spiro atoms. The van der Waals surface area contributed by atoms with Gasteiger partial charge in [-0.3, -0.25) is 14.7 Å². The zero-order chi connectivity index (χ0) is 14.8. The van der Waals surface area contributed by atoms with Gasteiger partial charge in [-0.15, -0.1) is 0 Å². The van der Waals surface area contributed by atoms with Crippen LogP contribution in [0.25, 0.3) is 0 Å². The molecule has 3 atom stereocenters. The summed E-state index contributed by atoms with van der Waals surface area (Å²) in [6.45, 7) is 6.78. The second-order valence-corrected chi connectivity index (χ2v) is 6.20. The van der Waals surface area contributed by atoms with Crippen LogP contribution in [0.1, 0.15) is 24.6 Å². The van der Waals surface area contributed by atoms with Crippen LogP contribution < -0.4 is 5.32 Å². The van der Waals surface area contributed by atoms with Crippen molar-refractivity contribution in [2.24, 2.45) is 0 Å². The van der Waals surface area contributed by atoms with Crippen LogP contribution in [0.3, 0.4) is 0 Å². The highest BCUT2D eigenvalue weighted by molar-refractivity contribution is 5.78. The minimum absolute atomic E-state index is 0.0654. The number of ether oxygens (including phenoxy) is 1. The number of carbonyl (C=O) groups excluding carboxylic acids is 1. The third kappa shape index (κ3) is 3.41. The van der Waals surface area contributed by atoms with Crippen LogP contribution in [0.15, 0.2) is 18.3 Å². The van der Waals surface area contributed by atoms with Crippen LogP contribution in [0, 0.1) is 6.92 Å². The molecule has 0 bridgehead atoms. The van der Waals surface area contributed by atoms with Crippen LogP contribution in [-0.2, 0) is 16.0 Å². The number of nitrogens with zero attached hydrogens (tertiary/aromatic N) is 2. The summed E-state index contributed by atoms with van der Waals surface area (Å²) in [6.07, 6.45) is 3.39. The highest BCUT2D eigenvalue weighted by atomic mass is 16.5. The fraction of sp³-hybridized carbons (Fsp3) is 0.625. The molecule has 0 aromatic carbocycles. The Hall–Kier alpha value is -1.46. The predicted molar refractivity (Wildman–Crippen MR) is 80.0 cm³/mol. The number of hydrogen-bond acceptors (Lipinski definition) is 4. The topological polar surface area (TPSA) is 54.5 Å². The molecule has 2 aliphatic rings. The van der Waals surface area contributed by atoms with E-state index in [1.165, 1.54) is 0 Å². The lowest BCUT2D eigenvalue weighted by Gasteiger charge is -2.33. The van der Waals surface area contributed by atoms with Gasteiger partial charge in [0.25, 0.3) is 0 Å². The molecule has 5 nitrogen and oxygen atoms in total. The highest BCUT2D eigenvalue weighted by Crippen LogP contribution is 2.23. The summed E-state index contributed by atoms with van der Waals surface area (Å²) in [5.74, 6) is 0.0654. The molecule has 0 aliphatic carbocycles. The van der Waals surface area contributed by atoms with Gasteiger partial charge in [-0.05, 0) is 31.9 Å². The monoisotopic (exact) mass is 289 g/mol. The van der Waals surface area contributed by atoms with Crippen molar-refractivity contribution in [1.29, 1.82) is 0 Å². The van der Waals surface area contributed by atoms with Gasteiger partial charge in [0.1, 0.15) is 0 Å². The van der Waals surface area contributed by atoms with Crippen molar-refractivity contribution < 1.29 is 9.53 Å². The normalized spacial score (nSPS) is 29.1. The number of rotatable bonds is 3. The van der Waals surface area contributed by atoms with Crippen LogP contribution in [-0.4, -0.2) is 53.7 Å². The van der Waals surface area contributed by atoms with Crippen LogP contribution >= 0.6 is 0 Å². The number of pyridine rings is 1. The maximum absolute atomic E-state index is 12.2. The van der Waals surface area contributed by atoms with Gasteiger partial charge in [-0.25, -0.2) is 0 Å². The number of fused-ring (bicyclic) bond motifs is 1. The smallest absolute Gasteiger partial charge is 0.226 e. The molecule has 114 valence electrons. The summed E-state index contributed by atoms with van der Waals surface area (Å²) in [7, 11) is 0. The Bertz CT molecular complexity index is 520. The molecule has 0 unspecified atom stereocenters. The number of carbonyl (C=O) groups is 1. The summed E-state index contributed by atoms with van der Waals surface area (Å²) in [5, 5.41) is 3.15. The Morgan fingerprint density at radius 2 is 2.38 bits per heavy atom. The molecule has 1 aromatic rings. The molecular weight excluding hydrogens is 266 g/mol. The summed E-state index contributed by atoms with van der Waals surface area (Å²) >= 11 is 0. The molecule has 0 saturated carbocycles. The first kappa shape index (κ1) is 14.5. The summed E-state index contributed by atoms with van der Waals surface area (Å²) in [6, 6.07) is 4.58. The van der Waals surface area contributed by atoms with Crippen molar-refractivity contribution in [2.75, 3.05) is 19.7 Å². The van der Waals surface area contributed by atoms with Crippen molar-refractivity contribution in [1.82, 2.24) is 15.2 Å². The van der Waals surface area contributed by atoms with E-state index in [-0.39, 0.29) is 11.9 Å². The number of nitrogens with one attached hydrogen (secondary N) is 1. The van der Waals surface area contributed by atoms with Crippen molar-refractivity contribution in [3.63, 3.8) is 0 Å². The van der Waals surface area contributed by atoms with E-state index in [0.717, 1.165) is 37.4 Å². The molecule has 1 amide bonds. The Morgan fingerprint density at radius 1 is 1.52 bits per heavy atom. The van der Waals surface area contributed by atoms with Crippen LogP contribution in [0.2, 0.25) is 0 Å². The molecule has 3 heterocycles. The lowest BCUT2D eigenvalue weighted by molar-refractivity contribution is -0.121. The largest absolute Gasteiger partial charge is 0.376 e. The van der Waals surface area contributed by atoms with Gasteiger partial charge >= 0.3 is 0 Å². The molecule has 1 aromatic heterocycles. The Morgan fingerprint density at radius 3 is 3.19 bits per heavy atom. The van der Waals surface area contributed by atoms with Crippen LogP contribution in [0.5, 0.6) is 0 Å². The molecule has 2 saturated heterocycles. The van der Waals surface area contributed by atoms with Crippen molar-refractivity contribution in [2.45, 2.75) is 44.9 Å². The van der Waals surface area contributed by atoms with E-state index >= 15 is 0 Å². The number of amides is 1. The van der Waals surface area contributed by atoms with Crippen molar-refractivity contribution >= 4 is 5.91 Å². The first-order valence-electron chi connectivity index (χ1n) is 7.67. The van der Waals surface area contributed by atoms with Crippen LogP contribution in [0.4, 0.5) is 0 Å². The average molecular weight is 289 g/mol. The summed E-state index contributed by atoms with van der Waals surface area (Å²) in [5.41, 5.74) is 1.93. The Balaban J connectivity index is 1.53. The van der Waals surface area contributed by atoms with E-state index in [9.17, 15) is 4.79 Å². The third-order valence-electron chi connectivity index (χ3n) is 4.40. The van der Waals surface area contributed by atoms with Gasteiger partial charge in [0, 0.05) is 31.4 Å². The molecule has 5 heteroatoms. The fourth-order valence-electron chi connectivity index (χ4n) is 3.28. The van der Waals surface area contributed by atoms with Crippen molar-refractivity contribution in [3.05, 3.63) is 29.6 Å². The highest BCUT2D eigenvalue weighted by Gasteiger charge is 2.36. The first-order valence-corrected chi connectivity index (χ1v) is 7.67. The van der Waals surface area contributed by atoms with Gasteiger partial charge < -0.3 is 10.1 Å². The fourth-order valence-corrected chi connectivity index (χ4v) is 3.28. The van der Waals surface area contributed by atoms with Gasteiger partial charge in [0.15, 0.2) is 0 Å². The van der Waals surface area contributed by atoms with Gasteiger partial charge in [-0.1, -0.05) is 6.07 Å². The molecule has 1 N–H and O–H groups in total. The average Bonchev–Trinajstić information content (AvgIpc) is 2.82. The second-order valence-electron chi connectivity index (χ2n) is 6.20. The molecule has 3 rings (SSSR count). The number of morpholine rings is 1. The molecule has 21 heavy (non-hydrogen) atoms. The first-order chi connectivity index (χ1) is 10.1. The lowest BCUT2D eigenvalue weighted by Crippen LogP contribution is -2.45. The molecule has 0 radical (unpaired) electrons. The standard InChI is InChI=1S/C16H23N3O2/c1-11-4-3-5-17-15(11)7-16(20)18-13-6-14-10-21-12(2)8-19(14)9-13/h3-5,12-14H,6-10H2,1-2H3,(H,18,20)/t12-,13-,14+/m1/s1. The van der Waals surface area contributed by atoms with E-state index in [2.05, 4.69) is 22.1 Å². The predicted octanol–water partition coefficient (Wildman–Crippen LogP) is 0.910. The zero-order valence-electron chi connectivity index (χ0n) is 12.7. The number of hydrogen-bond donors (Lipinski definition) is 1. The minimum atomic E-state index is 0.0654. The maximum atomic E-state index is 12.2. The zero-order valence-corrected chi connectivity index (χ0v) is 12.7. The molecule has 2 fully saturated rings. The van der Waals surface area contributed by atoms with E-state index in [1.807, 2.05) is 19.1 Å².